The van der Waals surface area contributed by atoms with Crippen LogP contribution in [0, 0.1) is 20.8 Å². The summed E-state index contributed by atoms with van der Waals surface area (Å²) in [5.41, 5.74) is 6.76. The number of carbonyl (C=O) groups is 1. The van der Waals surface area contributed by atoms with Gasteiger partial charge >= 0.3 is 5.91 Å². The van der Waals surface area contributed by atoms with Crippen LogP contribution in [-0.4, -0.2) is 21.9 Å². The number of benzene rings is 1. The highest BCUT2D eigenvalue weighted by molar-refractivity contribution is 5.99. The predicted molar refractivity (Wildman–Crippen MR) is 88.7 cm³/mol. The van der Waals surface area contributed by atoms with Crippen molar-refractivity contribution < 1.29 is 9.21 Å². The highest BCUT2D eigenvalue weighted by Crippen LogP contribution is 2.24. The third kappa shape index (κ3) is 2.63. The maximum atomic E-state index is 12.3. The summed E-state index contributed by atoms with van der Waals surface area (Å²) in [5.74, 6) is -0.0860. The Bertz CT molecular complexity index is 918. The number of aromatic nitrogens is 2. The summed E-state index contributed by atoms with van der Waals surface area (Å²) in [7, 11) is 1.87. The predicted octanol–water partition coefficient (Wildman–Crippen LogP) is 2.86. The number of aryl methyl sites for hydroxylation is 3. The topological polar surface area (TPSA) is 72.4 Å². The average molecular weight is 310 g/mol. The van der Waals surface area contributed by atoms with E-state index in [0.29, 0.717) is 5.58 Å². The van der Waals surface area contributed by atoms with E-state index in [1.54, 1.807) is 10.9 Å². The third-order valence-corrected chi connectivity index (χ3v) is 3.97. The van der Waals surface area contributed by atoms with Gasteiger partial charge in [-0.05, 0) is 26.8 Å². The lowest BCUT2D eigenvalue weighted by molar-refractivity contribution is 0.0929. The SMILES string of the molecule is Cc1nn(C)c(C)c1/C=N\NC(=O)c1oc2ccccc2c1C. The lowest BCUT2D eigenvalue weighted by Crippen LogP contribution is -2.17. The van der Waals surface area contributed by atoms with Crippen molar-refractivity contribution in [2.24, 2.45) is 12.1 Å². The largest absolute Gasteiger partial charge is 0.451 e. The second kappa shape index (κ2) is 5.72. The summed E-state index contributed by atoms with van der Waals surface area (Å²) in [4.78, 5) is 12.3. The second-order valence-corrected chi connectivity index (χ2v) is 5.46. The van der Waals surface area contributed by atoms with Crippen LogP contribution in [0.1, 0.15) is 33.1 Å². The number of nitrogens with one attached hydrogen (secondary N) is 1. The van der Waals surface area contributed by atoms with E-state index in [-0.39, 0.29) is 11.7 Å². The quantitative estimate of drug-likeness (QED) is 0.597. The number of amides is 1. The van der Waals surface area contributed by atoms with Crippen LogP contribution in [0.2, 0.25) is 0 Å². The average Bonchev–Trinajstić information content (AvgIpc) is 2.99. The van der Waals surface area contributed by atoms with Crippen LogP contribution < -0.4 is 5.43 Å². The molecule has 0 saturated heterocycles. The Morgan fingerprint density at radius 1 is 1.30 bits per heavy atom. The second-order valence-electron chi connectivity index (χ2n) is 5.46. The fraction of sp³-hybridized carbons (Fsp3) is 0.235. The minimum absolute atomic E-state index is 0.281. The van der Waals surface area contributed by atoms with Crippen molar-refractivity contribution >= 4 is 23.1 Å². The number of furan rings is 1. The van der Waals surface area contributed by atoms with Crippen LogP contribution in [0.3, 0.4) is 0 Å². The van der Waals surface area contributed by atoms with Crippen LogP contribution in [0.25, 0.3) is 11.0 Å². The van der Waals surface area contributed by atoms with Crippen molar-refractivity contribution in [1.29, 1.82) is 0 Å². The first-order valence-electron chi connectivity index (χ1n) is 7.30. The fourth-order valence-corrected chi connectivity index (χ4v) is 2.57. The van der Waals surface area contributed by atoms with Gasteiger partial charge in [0.25, 0.3) is 0 Å². The Morgan fingerprint density at radius 2 is 2.04 bits per heavy atom. The first kappa shape index (κ1) is 15.0. The van der Waals surface area contributed by atoms with E-state index in [0.717, 1.165) is 27.9 Å². The van der Waals surface area contributed by atoms with Gasteiger partial charge in [-0.15, -0.1) is 0 Å². The molecule has 1 aromatic carbocycles. The van der Waals surface area contributed by atoms with E-state index in [1.165, 1.54) is 0 Å². The molecule has 0 aliphatic heterocycles. The molecular formula is C17H18N4O2. The number of fused-ring (bicyclic) bond motifs is 1. The van der Waals surface area contributed by atoms with Crippen molar-refractivity contribution in [1.82, 2.24) is 15.2 Å². The van der Waals surface area contributed by atoms with Crippen LogP contribution in [0.4, 0.5) is 0 Å². The highest BCUT2D eigenvalue weighted by atomic mass is 16.3. The Kier molecular flexibility index (Phi) is 3.73. The molecule has 0 atom stereocenters. The molecule has 118 valence electrons. The maximum absolute atomic E-state index is 12.3. The highest BCUT2D eigenvalue weighted by Gasteiger charge is 2.16. The molecule has 0 fully saturated rings. The first-order chi connectivity index (χ1) is 11.0. The summed E-state index contributed by atoms with van der Waals surface area (Å²) in [6.45, 7) is 5.71. The maximum Gasteiger partial charge on any atom is 0.307 e. The van der Waals surface area contributed by atoms with E-state index in [9.17, 15) is 4.79 Å². The van der Waals surface area contributed by atoms with Crippen molar-refractivity contribution in [2.75, 3.05) is 0 Å². The number of para-hydroxylation sites is 1. The molecule has 0 radical (unpaired) electrons. The molecule has 0 spiro atoms. The molecule has 0 aliphatic rings. The van der Waals surface area contributed by atoms with Crippen molar-refractivity contribution in [3.8, 4) is 0 Å². The zero-order valence-electron chi connectivity index (χ0n) is 13.5. The van der Waals surface area contributed by atoms with Gasteiger partial charge in [-0.3, -0.25) is 9.48 Å². The lowest BCUT2D eigenvalue weighted by atomic mass is 10.1. The molecule has 0 aliphatic carbocycles. The molecule has 3 aromatic rings. The minimum atomic E-state index is -0.367. The normalized spacial score (nSPS) is 11.5. The van der Waals surface area contributed by atoms with Gasteiger partial charge in [-0.1, -0.05) is 18.2 Å². The van der Waals surface area contributed by atoms with E-state index in [4.69, 9.17) is 4.42 Å². The van der Waals surface area contributed by atoms with Gasteiger partial charge in [0.2, 0.25) is 0 Å². The number of hydrogen-bond acceptors (Lipinski definition) is 4. The van der Waals surface area contributed by atoms with Gasteiger partial charge in [-0.2, -0.15) is 10.2 Å². The Hall–Kier alpha value is -2.89. The van der Waals surface area contributed by atoms with E-state index < -0.39 is 0 Å². The van der Waals surface area contributed by atoms with Gasteiger partial charge in [0, 0.05) is 29.3 Å². The molecule has 23 heavy (non-hydrogen) atoms. The minimum Gasteiger partial charge on any atom is -0.451 e. The molecule has 1 amide bonds. The molecule has 3 rings (SSSR count). The van der Waals surface area contributed by atoms with Gasteiger partial charge in [0.15, 0.2) is 5.76 Å². The van der Waals surface area contributed by atoms with Gasteiger partial charge in [0.1, 0.15) is 5.58 Å². The summed E-state index contributed by atoms with van der Waals surface area (Å²) in [5, 5.41) is 9.26. The smallest absolute Gasteiger partial charge is 0.307 e. The summed E-state index contributed by atoms with van der Waals surface area (Å²) in [6.07, 6.45) is 1.60. The standard InChI is InChI=1S/C17H18N4O2/c1-10-13-7-5-6-8-15(13)23-16(10)17(22)19-18-9-14-11(2)20-21(4)12(14)3/h5-9H,1-4H3,(H,19,22)/b18-9-. The first-order valence-corrected chi connectivity index (χ1v) is 7.30. The third-order valence-electron chi connectivity index (χ3n) is 3.97. The summed E-state index contributed by atoms with van der Waals surface area (Å²) < 4.78 is 7.39. The fourth-order valence-electron chi connectivity index (χ4n) is 2.57. The van der Waals surface area contributed by atoms with E-state index >= 15 is 0 Å². The van der Waals surface area contributed by atoms with E-state index in [1.807, 2.05) is 52.1 Å². The Labute approximate surface area is 133 Å². The number of hydrazone groups is 1. The van der Waals surface area contributed by atoms with Crippen molar-refractivity contribution in [2.45, 2.75) is 20.8 Å². The molecule has 2 heterocycles. The molecule has 0 bridgehead atoms. The summed E-state index contributed by atoms with van der Waals surface area (Å²) in [6, 6.07) is 7.55. The molecule has 2 aromatic heterocycles. The van der Waals surface area contributed by atoms with Crippen LogP contribution in [0.15, 0.2) is 33.8 Å². The van der Waals surface area contributed by atoms with Gasteiger partial charge in [-0.25, -0.2) is 5.43 Å². The van der Waals surface area contributed by atoms with Crippen LogP contribution in [0.5, 0.6) is 0 Å². The monoisotopic (exact) mass is 310 g/mol. The molecule has 1 N–H and O–H groups in total. The van der Waals surface area contributed by atoms with Crippen LogP contribution >= 0.6 is 0 Å². The number of carbonyl (C=O) groups excluding carboxylic acids is 1. The van der Waals surface area contributed by atoms with Crippen molar-refractivity contribution in [3.63, 3.8) is 0 Å². The zero-order chi connectivity index (χ0) is 16.6. The zero-order valence-corrected chi connectivity index (χ0v) is 13.5. The molecule has 6 heteroatoms. The molecule has 0 saturated carbocycles. The molecule has 0 unspecified atom stereocenters. The molecular weight excluding hydrogens is 292 g/mol. The Morgan fingerprint density at radius 3 is 2.70 bits per heavy atom. The van der Waals surface area contributed by atoms with Gasteiger partial charge in [0.05, 0.1) is 11.9 Å². The Balaban J connectivity index is 1.81. The summed E-state index contributed by atoms with van der Waals surface area (Å²) >= 11 is 0. The number of rotatable bonds is 3. The van der Waals surface area contributed by atoms with Crippen molar-refractivity contribution in [3.05, 3.63) is 52.5 Å². The van der Waals surface area contributed by atoms with Gasteiger partial charge < -0.3 is 4.42 Å². The van der Waals surface area contributed by atoms with Crippen LogP contribution in [-0.2, 0) is 7.05 Å². The molecule has 6 nitrogen and oxygen atoms in total. The number of nitrogens with zero attached hydrogens (tertiary/aromatic N) is 3. The van der Waals surface area contributed by atoms with E-state index in [2.05, 4.69) is 15.6 Å². The lowest BCUT2D eigenvalue weighted by Gasteiger charge is -1.98. The number of hydrogen-bond donors (Lipinski definition) is 1.